The van der Waals surface area contributed by atoms with E-state index in [1.807, 2.05) is 42.5 Å². The van der Waals surface area contributed by atoms with E-state index in [-0.39, 0.29) is 11.9 Å². The van der Waals surface area contributed by atoms with Crippen molar-refractivity contribution in [3.63, 3.8) is 0 Å². The van der Waals surface area contributed by atoms with Gasteiger partial charge in [-0.25, -0.2) is 4.39 Å². The molecule has 0 saturated carbocycles. The van der Waals surface area contributed by atoms with Gasteiger partial charge in [0.15, 0.2) is 0 Å². The molecular weight excluding hydrogens is 299 g/mol. The molecule has 1 N–H and O–H groups in total. The highest BCUT2D eigenvalue weighted by molar-refractivity contribution is 5.34. The summed E-state index contributed by atoms with van der Waals surface area (Å²) >= 11 is 0. The van der Waals surface area contributed by atoms with Crippen molar-refractivity contribution in [3.8, 4) is 6.07 Å². The maximum absolute atomic E-state index is 14.1. The zero-order valence-corrected chi connectivity index (χ0v) is 13.1. The van der Waals surface area contributed by atoms with Crippen LogP contribution >= 0.6 is 0 Å². The molecule has 0 fully saturated rings. The number of nitrogens with one attached hydrogen (secondary N) is 1. The molecule has 0 aliphatic carbocycles. The van der Waals surface area contributed by atoms with Gasteiger partial charge in [-0.15, -0.1) is 0 Å². The molecule has 0 heterocycles. The Morgan fingerprint density at radius 1 is 0.875 bits per heavy atom. The monoisotopic (exact) mass is 316 g/mol. The van der Waals surface area contributed by atoms with Crippen molar-refractivity contribution in [2.45, 2.75) is 12.6 Å². The van der Waals surface area contributed by atoms with Crippen molar-refractivity contribution in [1.82, 2.24) is 5.32 Å². The second kappa shape index (κ2) is 7.54. The molecule has 0 aliphatic rings. The van der Waals surface area contributed by atoms with Gasteiger partial charge in [-0.1, -0.05) is 66.7 Å². The van der Waals surface area contributed by atoms with Crippen LogP contribution in [0.3, 0.4) is 0 Å². The zero-order valence-electron chi connectivity index (χ0n) is 13.1. The van der Waals surface area contributed by atoms with Crippen molar-refractivity contribution >= 4 is 0 Å². The van der Waals surface area contributed by atoms with Gasteiger partial charge in [0.2, 0.25) is 0 Å². The Balaban J connectivity index is 1.84. The molecule has 0 aliphatic heterocycles. The van der Waals surface area contributed by atoms with Crippen LogP contribution < -0.4 is 5.32 Å². The van der Waals surface area contributed by atoms with Gasteiger partial charge in [0, 0.05) is 12.1 Å². The van der Waals surface area contributed by atoms with E-state index in [0.29, 0.717) is 17.7 Å². The molecule has 3 rings (SSSR count). The van der Waals surface area contributed by atoms with Crippen LogP contribution in [0, 0.1) is 17.1 Å². The van der Waals surface area contributed by atoms with Crippen molar-refractivity contribution in [2.24, 2.45) is 0 Å². The van der Waals surface area contributed by atoms with Crippen molar-refractivity contribution < 1.29 is 4.39 Å². The van der Waals surface area contributed by atoms with E-state index in [2.05, 4.69) is 29.6 Å². The zero-order chi connectivity index (χ0) is 16.8. The van der Waals surface area contributed by atoms with Crippen LogP contribution in [0.15, 0.2) is 78.9 Å². The van der Waals surface area contributed by atoms with E-state index in [1.165, 1.54) is 6.07 Å². The first-order valence-electron chi connectivity index (χ1n) is 7.80. The summed E-state index contributed by atoms with van der Waals surface area (Å²) in [5, 5.41) is 12.3. The van der Waals surface area contributed by atoms with Crippen LogP contribution in [0.25, 0.3) is 0 Å². The van der Waals surface area contributed by atoms with Gasteiger partial charge in [0.1, 0.15) is 5.82 Å². The van der Waals surface area contributed by atoms with Crippen LogP contribution in [0.2, 0.25) is 0 Å². The van der Waals surface area contributed by atoms with Gasteiger partial charge >= 0.3 is 0 Å². The molecule has 0 unspecified atom stereocenters. The molecule has 3 aromatic carbocycles. The highest BCUT2D eigenvalue weighted by atomic mass is 19.1. The maximum atomic E-state index is 14.1. The first-order valence-corrected chi connectivity index (χ1v) is 7.80. The molecule has 118 valence electrons. The van der Waals surface area contributed by atoms with E-state index in [4.69, 9.17) is 5.26 Å². The summed E-state index contributed by atoms with van der Waals surface area (Å²) in [4.78, 5) is 0. The van der Waals surface area contributed by atoms with Gasteiger partial charge in [0.25, 0.3) is 0 Å². The van der Waals surface area contributed by atoms with Crippen molar-refractivity contribution in [3.05, 3.63) is 107 Å². The predicted octanol–water partition coefficient (Wildman–Crippen LogP) is 4.58. The quantitative estimate of drug-likeness (QED) is 0.748. The number of benzene rings is 3. The highest BCUT2D eigenvalue weighted by Gasteiger charge is 2.14. The third kappa shape index (κ3) is 3.68. The minimum atomic E-state index is -0.360. The molecule has 0 spiro atoms. The van der Waals surface area contributed by atoms with Gasteiger partial charge < -0.3 is 5.32 Å². The normalized spacial score (nSPS) is 10.5. The molecule has 0 radical (unpaired) electrons. The summed E-state index contributed by atoms with van der Waals surface area (Å²) in [5.74, 6) is -0.360. The third-order valence-electron chi connectivity index (χ3n) is 3.94. The minimum absolute atomic E-state index is 0.0255. The number of halogens is 1. The van der Waals surface area contributed by atoms with E-state index >= 15 is 0 Å². The van der Waals surface area contributed by atoms with E-state index < -0.39 is 0 Å². The van der Waals surface area contributed by atoms with E-state index in [9.17, 15) is 4.39 Å². The Kier molecular flexibility index (Phi) is 5.00. The van der Waals surface area contributed by atoms with Gasteiger partial charge in [-0.3, -0.25) is 0 Å². The number of rotatable bonds is 5. The molecule has 0 amide bonds. The first-order chi connectivity index (χ1) is 11.8. The first kappa shape index (κ1) is 15.9. The van der Waals surface area contributed by atoms with Gasteiger partial charge in [0.05, 0.1) is 17.7 Å². The Morgan fingerprint density at radius 2 is 1.46 bits per heavy atom. The second-order valence-electron chi connectivity index (χ2n) is 5.55. The molecule has 0 aromatic heterocycles. The predicted molar refractivity (Wildman–Crippen MR) is 92.7 cm³/mol. The SMILES string of the molecule is N#Cc1ccc(CNC(c2ccccc2)c2ccccc2)c(F)c1. The summed E-state index contributed by atoms with van der Waals surface area (Å²) in [6.07, 6.45) is 0. The summed E-state index contributed by atoms with van der Waals surface area (Å²) < 4.78 is 14.1. The Bertz CT molecular complexity index is 799. The van der Waals surface area contributed by atoms with Crippen LogP contribution in [0.5, 0.6) is 0 Å². The lowest BCUT2D eigenvalue weighted by molar-refractivity contribution is 0.561. The Hall–Kier alpha value is -2.96. The standard InChI is InChI=1S/C21H17FN2/c22-20-13-16(14-23)11-12-19(20)15-24-21(17-7-3-1-4-8-17)18-9-5-2-6-10-18/h1-13,21,24H,15H2. The molecule has 24 heavy (non-hydrogen) atoms. The van der Waals surface area contributed by atoms with E-state index in [0.717, 1.165) is 11.1 Å². The fraction of sp³-hybridized carbons (Fsp3) is 0.0952. The van der Waals surface area contributed by atoms with Crippen LogP contribution in [0.1, 0.15) is 28.3 Å². The fourth-order valence-electron chi connectivity index (χ4n) is 2.69. The molecule has 0 atom stereocenters. The van der Waals surface area contributed by atoms with Crippen LogP contribution in [0.4, 0.5) is 4.39 Å². The molecular formula is C21H17FN2. The van der Waals surface area contributed by atoms with E-state index in [1.54, 1.807) is 12.1 Å². The average Bonchev–Trinajstić information content (AvgIpc) is 2.65. The van der Waals surface area contributed by atoms with Crippen molar-refractivity contribution in [1.29, 1.82) is 5.26 Å². The average molecular weight is 316 g/mol. The minimum Gasteiger partial charge on any atom is -0.302 e. The van der Waals surface area contributed by atoms with Gasteiger partial charge in [-0.05, 0) is 23.3 Å². The third-order valence-corrected chi connectivity index (χ3v) is 3.94. The fourth-order valence-corrected chi connectivity index (χ4v) is 2.69. The summed E-state index contributed by atoms with van der Waals surface area (Å²) in [6, 6.07) is 26.7. The molecule has 0 saturated heterocycles. The molecule has 3 aromatic rings. The second-order valence-corrected chi connectivity index (χ2v) is 5.55. The lowest BCUT2D eigenvalue weighted by Crippen LogP contribution is -2.22. The van der Waals surface area contributed by atoms with Crippen LogP contribution in [-0.4, -0.2) is 0 Å². The maximum Gasteiger partial charge on any atom is 0.129 e. The summed E-state index contributed by atoms with van der Waals surface area (Å²) in [5.41, 5.74) is 3.13. The number of hydrogen-bond acceptors (Lipinski definition) is 2. The lowest BCUT2D eigenvalue weighted by atomic mass is 9.98. The Labute approximate surface area is 141 Å². The smallest absolute Gasteiger partial charge is 0.129 e. The van der Waals surface area contributed by atoms with Gasteiger partial charge in [-0.2, -0.15) is 5.26 Å². The number of hydrogen-bond donors (Lipinski definition) is 1. The van der Waals surface area contributed by atoms with Crippen LogP contribution in [-0.2, 0) is 6.54 Å². The lowest BCUT2D eigenvalue weighted by Gasteiger charge is -2.20. The largest absolute Gasteiger partial charge is 0.302 e. The Morgan fingerprint density at radius 3 is 1.96 bits per heavy atom. The van der Waals surface area contributed by atoms with Crippen molar-refractivity contribution in [2.75, 3.05) is 0 Å². The number of nitrogens with zero attached hydrogens (tertiary/aromatic N) is 1. The summed E-state index contributed by atoms with van der Waals surface area (Å²) in [6.45, 7) is 0.381. The molecule has 0 bridgehead atoms. The molecule has 3 heteroatoms. The topological polar surface area (TPSA) is 35.8 Å². The summed E-state index contributed by atoms with van der Waals surface area (Å²) in [7, 11) is 0. The molecule has 2 nitrogen and oxygen atoms in total. The number of nitriles is 1. The highest BCUT2D eigenvalue weighted by Crippen LogP contribution is 2.22.